The van der Waals surface area contributed by atoms with Gasteiger partial charge in [-0.2, -0.15) is 0 Å². The minimum atomic E-state index is -1.00. The number of hydrogen-bond donors (Lipinski definition) is 3. The molecule has 0 aliphatic carbocycles. The van der Waals surface area contributed by atoms with E-state index in [0.29, 0.717) is 12.1 Å². The molecule has 0 aromatic heterocycles. The van der Waals surface area contributed by atoms with Crippen LogP contribution in [-0.4, -0.2) is 29.4 Å². The summed E-state index contributed by atoms with van der Waals surface area (Å²) in [4.78, 5) is 33.4. The number of hydrogen-bond acceptors (Lipinski definition) is 3. The molecule has 0 spiro atoms. The van der Waals surface area contributed by atoms with Gasteiger partial charge in [0.25, 0.3) is 5.91 Å². The Hall–Kier alpha value is -2.37. The molecule has 3 N–H and O–H groups in total. The van der Waals surface area contributed by atoms with E-state index in [1.807, 2.05) is 6.92 Å². The van der Waals surface area contributed by atoms with Crippen LogP contribution in [0.4, 0.5) is 0 Å². The van der Waals surface area contributed by atoms with E-state index in [-0.39, 0.29) is 31.2 Å². The van der Waals surface area contributed by atoms with Gasteiger partial charge in [0.05, 0.1) is 6.42 Å². The second kappa shape index (κ2) is 7.93. The van der Waals surface area contributed by atoms with Crippen LogP contribution in [0.2, 0.25) is 0 Å². The number of carbonyl (C=O) groups is 3. The van der Waals surface area contributed by atoms with Crippen LogP contribution in [0.15, 0.2) is 24.3 Å². The van der Waals surface area contributed by atoms with Gasteiger partial charge in [-0.3, -0.25) is 14.4 Å². The normalized spacial score (nSPS) is 9.85. The molecule has 0 radical (unpaired) electrons. The third-order valence-electron chi connectivity index (χ3n) is 2.58. The number of nitrogens with one attached hydrogen (secondary N) is 2. The molecule has 0 unspecified atom stereocenters. The Morgan fingerprint density at radius 3 is 2.55 bits per heavy atom. The van der Waals surface area contributed by atoms with Crippen molar-refractivity contribution in [3.8, 4) is 0 Å². The molecule has 0 fully saturated rings. The summed E-state index contributed by atoms with van der Waals surface area (Å²) in [5, 5.41) is 13.8. The smallest absolute Gasteiger partial charge is 0.303 e. The molecule has 1 aromatic carbocycles. The van der Waals surface area contributed by atoms with Gasteiger partial charge in [0.2, 0.25) is 5.91 Å². The van der Waals surface area contributed by atoms with Crippen LogP contribution in [0.1, 0.15) is 35.7 Å². The fourth-order valence-electron chi connectivity index (χ4n) is 1.59. The Morgan fingerprint density at radius 1 is 1.15 bits per heavy atom. The van der Waals surface area contributed by atoms with Crippen molar-refractivity contribution < 1.29 is 19.5 Å². The van der Waals surface area contributed by atoms with E-state index < -0.39 is 5.97 Å². The zero-order valence-electron chi connectivity index (χ0n) is 11.3. The van der Waals surface area contributed by atoms with Crippen LogP contribution in [0.3, 0.4) is 0 Å². The predicted octanol–water partition coefficient (Wildman–Crippen LogP) is 0.917. The number of carboxylic acid groups (broad SMARTS) is 1. The lowest BCUT2D eigenvalue weighted by atomic mass is 10.1. The fraction of sp³-hybridized carbons (Fsp3) is 0.357. The summed E-state index contributed by atoms with van der Waals surface area (Å²) in [6.07, 6.45) is -0.240. The van der Waals surface area contributed by atoms with Crippen LogP contribution in [0.5, 0.6) is 0 Å². The van der Waals surface area contributed by atoms with Gasteiger partial charge in [0.15, 0.2) is 0 Å². The number of carbonyl (C=O) groups excluding carboxylic acids is 2. The van der Waals surface area contributed by atoms with E-state index in [4.69, 9.17) is 5.11 Å². The summed E-state index contributed by atoms with van der Waals surface area (Å²) >= 11 is 0. The van der Waals surface area contributed by atoms with Crippen molar-refractivity contribution in [2.45, 2.75) is 26.3 Å². The van der Waals surface area contributed by atoms with Gasteiger partial charge in [-0.1, -0.05) is 12.1 Å². The molecule has 1 rings (SSSR count). The molecule has 0 saturated carbocycles. The minimum Gasteiger partial charge on any atom is -0.481 e. The monoisotopic (exact) mass is 278 g/mol. The van der Waals surface area contributed by atoms with Crippen molar-refractivity contribution in [2.75, 3.05) is 6.54 Å². The molecule has 6 heteroatoms. The maximum Gasteiger partial charge on any atom is 0.303 e. The zero-order valence-corrected chi connectivity index (χ0v) is 11.3. The van der Waals surface area contributed by atoms with E-state index in [1.165, 1.54) is 0 Å². The van der Waals surface area contributed by atoms with Gasteiger partial charge in [-0.15, -0.1) is 0 Å². The van der Waals surface area contributed by atoms with Crippen molar-refractivity contribution in [3.63, 3.8) is 0 Å². The lowest BCUT2D eigenvalue weighted by Crippen LogP contribution is -2.24. The Morgan fingerprint density at radius 2 is 1.90 bits per heavy atom. The second-order valence-corrected chi connectivity index (χ2v) is 4.23. The van der Waals surface area contributed by atoms with Crippen molar-refractivity contribution in [2.24, 2.45) is 0 Å². The number of benzene rings is 1. The molecule has 2 amide bonds. The molecule has 0 bridgehead atoms. The van der Waals surface area contributed by atoms with Crippen LogP contribution in [0, 0.1) is 0 Å². The second-order valence-electron chi connectivity index (χ2n) is 4.23. The summed E-state index contributed by atoms with van der Waals surface area (Å²) < 4.78 is 0. The fourth-order valence-corrected chi connectivity index (χ4v) is 1.59. The van der Waals surface area contributed by atoms with E-state index >= 15 is 0 Å². The van der Waals surface area contributed by atoms with E-state index in [2.05, 4.69) is 10.6 Å². The molecule has 0 aliphatic rings. The highest BCUT2D eigenvalue weighted by molar-refractivity contribution is 5.94. The summed E-state index contributed by atoms with van der Waals surface area (Å²) in [6, 6.07) is 6.92. The number of aliphatic carboxylic acids is 1. The third-order valence-corrected chi connectivity index (χ3v) is 2.58. The van der Waals surface area contributed by atoms with Crippen molar-refractivity contribution in [1.29, 1.82) is 0 Å². The van der Waals surface area contributed by atoms with Gasteiger partial charge in [-0.25, -0.2) is 0 Å². The Kier molecular flexibility index (Phi) is 6.22. The summed E-state index contributed by atoms with van der Waals surface area (Å²) in [6.45, 7) is 2.66. The van der Waals surface area contributed by atoms with Crippen molar-refractivity contribution in [3.05, 3.63) is 35.4 Å². The van der Waals surface area contributed by atoms with Crippen molar-refractivity contribution in [1.82, 2.24) is 10.6 Å². The maximum absolute atomic E-state index is 11.6. The SMILES string of the molecule is CCNC(=O)c1cccc(CNC(=O)CCC(=O)O)c1. The first-order valence-corrected chi connectivity index (χ1v) is 6.38. The minimum absolute atomic E-state index is 0.0503. The average molecular weight is 278 g/mol. The molecule has 108 valence electrons. The van der Waals surface area contributed by atoms with E-state index in [0.717, 1.165) is 5.56 Å². The molecule has 0 atom stereocenters. The lowest BCUT2D eigenvalue weighted by molar-refractivity contribution is -0.138. The highest BCUT2D eigenvalue weighted by Crippen LogP contribution is 2.05. The molecular formula is C14H18N2O4. The summed E-state index contributed by atoms with van der Waals surface area (Å²) in [5.74, 6) is -1.49. The highest BCUT2D eigenvalue weighted by Gasteiger charge is 2.07. The van der Waals surface area contributed by atoms with Gasteiger partial charge in [0.1, 0.15) is 0 Å². The van der Waals surface area contributed by atoms with Crippen LogP contribution >= 0.6 is 0 Å². The van der Waals surface area contributed by atoms with Gasteiger partial charge in [-0.05, 0) is 24.6 Å². The van der Waals surface area contributed by atoms with E-state index in [9.17, 15) is 14.4 Å². The molecule has 0 heterocycles. The first kappa shape index (κ1) is 15.7. The first-order valence-electron chi connectivity index (χ1n) is 6.38. The maximum atomic E-state index is 11.6. The van der Waals surface area contributed by atoms with Gasteiger partial charge in [0, 0.05) is 25.1 Å². The molecular weight excluding hydrogens is 260 g/mol. The standard InChI is InChI=1S/C14H18N2O4/c1-2-15-14(20)11-5-3-4-10(8-11)9-16-12(17)6-7-13(18)19/h3-5,8H,2,6-7,9H2,1H3,(H,15,20)(H,16,17)(H,18,19). The lowest BCUT2D eigenvalue weighted by Gasteiger charge is -2.07. The zero-order chi connectivity index (χ0) is 15.0. The topological polar surface area (TPSA) is 95.5 Å². The molecule has 6 nitrogen and oxygen atoms in total. The van der Waals surface area contributed by atoms with Crippen LogP contribution in [0.25, 0.3) is 0 Å². The predicted molar refractivity (Wildman–Crippen MR) is 73.2 cm³/mol. The Balaban J connectivity index is 2.52. The Bertz CT molecular complexity index is 500. The molecule has 0 saturated heterocycles. The van der Waals surface area contributed by atoms with E-state index in [1.54, 1.807) is 24.3 Å². The highest BCUT2D eigenvalue weighted by atomic mass is 16.4. The Labute approximate surface area is 117 Å². The number of amides is 2. The molecule has 1 aromatic rings. The molecule has 0 aliphatic heterocycles. The van der Waals surface area contributed by atoms with Crippen molar-refractivity contribution >= 4 is 17.8 Å². The van der Waals surface area contributed by atoms with Crippen LogP contribution in [-0.2, 0) is 16.1 Å². The summed E-state index contributed by atoms with van der Waals surface area (Å²) in [7, 11) is 0. The van der Waals surface area contributed by atoms with Gasteiger partial charge >= 0.3 is 5.97 Å². The third kappa shape index (κ3) is 5.51. The quantitative estimate of drug-likeness (QED) is 0.691. The number of carboxylic acids is 1. The summed E-state index contributed by atoms with van der Waals surface area (Å²) in [5.41, 5.74) is 1.32. The average Bonchev–Trinajstić information content (AvgIpc) is 2.43. The number of rotatable bonds is 7. The first-order chi connectivity index (χ1) is 9.52. The van der Waals surface area contributed by atoms with Gasteiger partial charge < -0.3 is 15.7 Å². The molecule has 20 heavy (non-hydrogen) atoms. The van der Waals surface area contributed by atoms with Crippen LogP contribution < -0.4 is 10.6 Å². The largest absolute Gasteiger partial charge is 0.481 e.